The molecule has 0 aliphatic rings. The van der Waals surface area contributed by atoms with Crippen LogP contribution in [0, 0.1) is 13.8 Å². The Morgan fingerprint density at radius 2 is 1.81 bits per heavy atom. The molecule has 0 saturated carbocycles. The average molecular weight is 246 g/mol. The van der Waals surface area contributed by atoms with Crippen molar-refractivity contribution in [3.8, 4) is 0 Å². The van der Waals surface area contributed by atoms with Crippen molar-refractivity contribution < 1.29 is 12.9 Å². The van der Waals surface area contributed by atoms with Gasteiger partial charge in [-0.2, -0.15) is 0 Å². The number of aromatic nitrogens is 1. The molecule has 6 heteroatoms. The van der Waals surface area contributed by atoms with Gasteiger partial charge in [-0.25, -0.2) is 13.1 Å². The van der Waals surface area contributed by atoms with Gasteiger partial charge in [0.15, 0.2) is 0 Å². The molecule has 16 heavy (non-hydrogen) atoms. The maximum absolute atomic E-state index is 11.7. The molecular formula is C10H18N2O3S. The van der Waals surface area contributed by atoms with Gasteiger partial charge in [-0.15, -0.1) is 0 Å². The van der Waals surface area contributed by atoms with E-state index in [9.17, 15) is 8.42 Å². The van der Waals surface area contributed by atoms with E-state index < -0.39 is 15.3 Å². The number of hydrogen-bond acceptors (Lipinski definition) is 4. The van der Waals surface area contributed by atoms with E-state index in [2.05, 4.69) is 9.88 Å². The summed E-state index contributed by atoms with van der Waals surface area (Å²) in [6, 6.07) is -0.321. The molecule has 1 aromatic rings. The Bertz CT molecular complexity index is 443. The zero-order valence-corrected chi connectivity index (χ0v) is 11.1. The van der Waals surface area contributed by atoms with Gasteiger partial charge in [0, 0.05) is 11.6 Å². The minimum absolute atomic E-state index is 0.321. The van der Waals surface area contributed by atoms with Crippen molar-refractivity contribution in [2.75, 3.05) is 0 Å². The van der Waals surface area contributed by atoms with Crippen LogP contribution in [0.25, 0.3) is 0 Å². The summed E-state index contributed by atoms with van der Waals surface area (Å²) in [4.78, 5) is 0. The highest BCUT2D eigenvalue weighted by atomic mass is 32.2. The van der Waals surface area contributed by atoms with Gasteiger partial charge >= 0.3 is 0 Å². The molecule has 0 radical (unpaired) electrons. The van der Waals surface area contributed by atoms with Crippen LogP contribution in [-0.2, 0) is 10.0 Å². The van der Waals surface area contributed by atoms with E-state index >= 15 is 0 Å². The first kappa shape index (κ1) is 13.2. The predicted octanol–water partition coefficient (Wildman–Crippen LogP) is 1.68. The van der Waals surface area contributed by atoms with Gasteiger partial charge < -0.3 is 4.52 Å². The molecule has 0 aliphatic heterocycles. The Morgan fingerprint density at radius 3 is 2.19 bits per heavy atom. The second kappa shape index (κ2) is 4.55. The Balaban J connectivity index is 2.93. The zero-order chi connectivity index (χ0) is 12.5. The quantitative estimate of drug-likeness (QED) is 0.877. The van der Waals surface area contributed by atoms with Crippen LogP contribution in [-0.4, -0.2) is 18.8 Å². The molecule has 0 bridgehead atoms. The predicted molar refractivity (Wildman–Crippen MR) is 61.6 cm³/mol. The Hall–Kier alpha value is -0.880. The van der Waals surface area contributed by atoms with E-state index in [-0.39, 0.29) is 6.04 Å². The summed E-state index contributed by atoms with van der Waals surface area (Å²) in [6.45, 7) is 8.64. The lowest BCUT2D eigenvalue weighted by Crippen LogP contribution is -2.33. The number of rotatable bonds is 4. The van der Waals surface area contributed by atoms with Crippen molar-refractivity contribution in [3.05, 3.63) is 17.0 Å². The maximum atomic E-state index is 11.7. The number of nitrogens with zero attached hydrogens (tertiary/aromatic N) is 1. The fraction of sp³-hybridized carbons (Fsp3) is 0.700. The van der Waals surface area contributed by atoms with E-state index in [1.807, 2.05) is 0 Å². The van der Waals surface area contributed by atoms with E-state index in [1.54, 1.807) is 34.6 Å². The largest absolute Gasteiger partial charge is 0.361 e. The third kappa shape index (κ3) is 2.62. The average Bonchev–Trinajstić information content (AvgIpc) is 2.44. The van der Waals surface area contributed by atoms with Crippen LogP contribution in [0.1, 0.15) is 43.8 Å². The molecule has 0 fully saturated rings. The summed E-state index contributed by atoms with van der Waals surface area (Å²) in [5.74, 6) is 0.649. The van der Waals surface area contributed by atoms with Crippen LogP contribution in [0.2, 0.25) is 0 Å². The smallest absolute Gasteiger partial charge is 0.214 e. The van der Waals surface area contributed by atoms with Crippen LogP contribution >= 0.6 is 0 Å². The number of sulfonamides is 1. The number of aryl methyl sites for hydroxylation is 2. The van der Waals surface area contributed by atoms with Gasteiger partial charge in [0.05, 0.1) is 10.9 Å². The van der Waals surface area contributed by atoms with Crippen LogP contribution in [0.4, 0.5) is 0 Å². The van der Waals surface area contributed by atoms with Crippen LogP contribution < -0.4 is 4.72 Å². The highest BCUT2D eigenvalue weighted by Crippen LogP contribution is 2.21. The Kier molecular flexibility index (Phi) is 3.75. The van der Waals surface area contributed by atoms with E-state index in [1.165, 1.54) is 0 Å². The van der Waals surface area contributed by atoms with Crippen molar-refractivity contribution in [1.29, 1.82) is 0 Å². The molecule has 5 nitrogen and oxygen atoms in total. The molecule has 1 heterocycles. The highest BCUT2D eigenvalue weighted by molar-refractivity contribution is 7.90. The molecule has 1 N–H and O–H groups in total. The van der Waals surface area contributed by atoms with Gasteiger partial charge in [0.2, 0.25) is 10.0 Å². The summed E-state index contributed by atoms with van der Waals surface area (Å²) >= 11 is 0. The van der Waals surface area contributed by atoms with Crippen molar-refractivity contribution in [2.45, 2.75) is 45.9 Å². The van der Waals surface area contributed by atoms with E-state index in [0.29, 0.717) is 5.76 Å². The Morgan fingerprint density at radius 1 is 1.25 bits per heavy atom. The summed E-state index contributed by atoms with van der Waals surface area (Å²) in [5.41, 5.74) is 1.53. The molecular weight excluding hydrogens is 228 g/mol. The fourth-order valence-electron chi connectivity index (χ4n) is 1.55. The number of hydrogen-bond donors (Lipinski definition) is 1. The molecule has 0 saturated heterocycles. The van der Waals surface area contributed by atoms with Crippen molar-refractivity contribution in [3.63, 3.8) is 0 Å². The van der Waals surface area contributed by atoms with Gasteiger partial charge in [-0.1, -0.05) is 5.16 Å². The Labute approximate surface area is 96.3 Å². The first-order valence-corrected chi connectivity index (χ1v) is 6.74. The molecule has 0 spiro atoms. The van der Waals surface area contributed by atoms with Crippen LogP contribution in [0.15, 0.2) is 4.52 Å². The minimum Gasteiger partial charge on any atom is -0.361 e. The molecule has 0 aliphatic carbocycles. The molecule has 1 unspecified atom stereocenters. The third-order valence-electron chi connectivity index (χ3n) is 2.48. The topological polar surface area (TPSA) is 72.2 Å². The lowest BCUT2D eigenvalue weighted by Gasteiger charge is -2.15. The van der Waals surface area contributed by atoms with Gasteiger partial charge in [-0.3, -0.25) is 0 Å². The molecule has 1 rings (SSSR count). The second-order valence-corrected chi connectivity index (χ2v) is 6.44. The van der Waals surface area contributed by atoms with E-state index in [4.69, 9.17) is 4.52 Å². The summed E-state index contributed by atoms with van der Waals surface area (Å²) in [7, 11) is -3.28. The van der Waals surface area contributed by atoms with Crippen molar-refractivity contribution in [1.82, 2.24) is 9.88 Å². The van der Waals surface area contributed by atoms with Crippen LogP contribution in [0.5, 0.6) is 0 Å². The van der Waals surface area contributed by atoms with Gasteiger partial charge in [-0.05, 0) is 34.6 Å². The molecule has 1 aromatic heterocycles. The highest BCUT2D eigenvalue weighted by Gasteiger charge is 2.23. The van der Waals surface area contributed by atoms with Gasteiger partial charge in [0.1, 0.15) is 5.76 Å². The lowest BCUT2D eigenvalue weighted by molar-refractivity contribution is 0.391. The lowest BCUT2D eigenvalue weighted by atomic mass is 10.1. The normalized spacial score (nSPS) is 14.4. The molecule has 92 valence electrons. The third-order valence-corrected chi connectivity index (χ3v) is 4.41. The molecule has 1 atom stereocenters. The first-order chi connectivity index (χ1) is 7.25. The zero-order valence-electron chi connectivity index (χ0n) is 10.2. The maximum Gasteiger partial charge on any atom is 0.214 e. The molecule has 0 aromatic carbocycles. The summed E-state index contributed by atoms with van der Waals surface area (Å²) < 4.78 is 31.0. The molecule has 0 amide bonds. The van der Waals surface area contributed by atoms with Crippen LogP contribution in [0.3, 0.4) is 0 Å². The minimum atomic E-state index is -3.28. The van der Waals surface area contributed by atoms with Crippen molar-refractivity contribution in [2.24, 2.45) is 0 Å². The fourth-order valence-corrected chi connectivity index (χ4v) is 2.43. The number of nitrogens with one attached hydrogen (secondary N) is 1. The van der Waals surface area contributed by atoms with Gasteiger partial charge in [0.25, 0.3) is 0 Å². The summed E-state index contributed by atoms with van der Waals surface area (Å²) in [5, 5.41) is 3.35. The summed E-state index contributed by atoms with van der Waals surface area (Å²) in [6.07, 6.45) is 0. The SMILES string of the molecule is Cc1noc(C)c1C(C)NS(=O)(=O)C(C)C. The second-order valence-electron chi connectivity index (χ2n) is 4.17. The standard InChI is InChI=1S/C10H18N2O3S/c1-6(2)16(13,14)12-8(4)10-7(3)11-15-9(10)5/h6,8,12H,1-5H3. The monoisotopic (exact) mass is 246 g/mol. The van der Waals surface area contributed by atoms with E-state index in [0.717, 1.165) is 11.3 Å². The van der Waals surface area contributed by atoms with Crippen molar-refractivity contribution >= 4 is 10.0 Å². The first-order valence-electron chi connectivity index (χ1n) is 5.19.